The van der Waals surface area contributed by atoms with Crippen molar-refractivity contribution in [1.82, 2.24) is 19.1 Å². The number of rotatable bonds is 3. The van der Waals surface area contributed by atoms with Gasteiger partial charge in [-0.3, -0.25) is 14.9 Å². The van der Waals surface area contributed by atoms with E-state index in [0.717, 1.165) is 11.1 Å². The number of carbonyl (C=O) groups excluding carboxylic acids is 1. The van der Waals surface area contributed by atoms with Gasteiger partial charge in [0.15, 0.2) is 5.58 Å². The molecule has 0 saturated carbocycles. The molecule has 3 heterocycles. The molecule has 0 spiro atoms. The van der Waals surface area contributed by atoms with Crippen LogP contribution in [0.4, 0.5) is 6.01 Å². The van der Waals surface area contributed by atoms with E-state index in [1.807, 2.05) is 32.0 Å². The van der Waals surface area contributed by atoms with E-state index in [0.29, 0.717) is 22.1 Å². The standard InChI is InChI=1S/C18H17N5O3/c1-10-4-5-12-13(6-10)26-18(20-12)21-14(24)8-23-9-19-15-11(2)7-22(3)17(25)16(15)23/h4-7,9H,8H2,1-3H3,(H,20,21,24). The van der Waals surface area contributed by atoms with Gasteiger partial charge >= 0.3 is 6.01 Å². The maximum absolute atomic E-state index is 12.4. The van der Waals surface area contributed by atoms with Crippen LogP contribution in [0.1, 0.15) is 11.1 Å². The van der Waals surface area contributed by atoms with E-state index in [1.54, 1.807) is 13.2 Å². The Kier molecular flexibility index (Phi) is 3.61. The van der Waals surface area contributed by atoms with E-state index in [-0.39, 0.29) is 24.0 Å². The highest BCUT2D eigenvalue weighted by Gasteiger charge is 2.15. The predicted octanol–water partition coefficient (Wildman–Crippen LogP) is 2.13. The van der Waals surface area contributed by atoms with Crippen molar-refractivity contribution in [3.05, 3.63) is 52.2 Å². The first-order valence-electron chi connectivity index (χ1n) is 8.10. The highest BCUT2D eigenvalue weighted by Crippen LogP contribution is 2.20. The first-order chi connectivity index (χ1) is 12.4. The zero-order valence-electron chi connectivity index (χ0n) is 14.6. The summed E-state index contributed by atoms with van der Waals surface area (Å²) in [6, 6.07) is 5.74. The quantitative estimate of drug-likeness (QED) is 0.610. The molecule has 0 fully saturated rings. The monoisotopic (exact) mass is 351 g/mol. The number of carbonyl (C=O) groups is 1. The Bertz CT molecular complexity index is 1210. The summed E-state index contributed by atoms with van der Waals surface area (Å²) in [6.45, 7) is 3.76. The zero-order chi connectivity index (χ0) is 18.4. The lowest BCUT2D eigenvalue weighted by molar-refractivity contribution is -0.116. The maximum atomic E-state index is 12.4. The molecule has 4 rings (SSSR count). The Balaban J connectivity index is 1.62. The number of aromatic nitrogens is 4. The molecule has 8 nitrogen and oxygen atoms in total. The molecule has 1 amide bonds. The van der Waals surface area contributed by atoms with Gasteiger partial charge in [0.1, 0.15) is 17.6 Å². The van der Waals surface area contributed by atoms with Crippen LogP contribution in [0.3, 0.4) is 0 Å². The molecule has 0 bridgehead atoms. The highest BCUT2D eigenvalue weighted by atomic mass is 16.4. The third-order valence-corrected chi connectivity index (χ3v) is 4.23. The van der Waals surface area contributed by atoms with E-state index >= 15 is 0 Å². The average Bonchev–Trinajstić information content (AvgIpc) is 3.16. The van der Waals surface area contributed by atoms with Crippen LogP contribution >= 0.6 is 0 Å². The smallest absolute Gasteiger partial charge is 0.302 e. The molecular weight excluding hydrogens is 334 g/mol. The van der Waals surface area contributed by atoms with Crippen LogP contribution < -0.4 is 10.9 Å². The molecule has 0 unspecified atom stereocenters. The van der Waals surface area contributed by atoms with Crippen molar-refractivity contribution in [3.63, 3.8) is 0 Å². The van der Waals surface area contributed by atoms with Crippen molar-refractivity contribution in [2.24, 2.45) is 7.05 Å². The second kappa shape index (κ2) is 5.83. The van der Waals surface area contributed by atoms with Gasteiger partial charge in [0.2, 0.25) is 5.91 Å². The van der Waals surface area contributed by atoms with Gasteiger partial charge in [-0.05, 0) is 37.1 Å². The number of fused-ring (bicyclic) bond motifs is 2. The third kappa shape index (κ3) is 2.65. The van der Waals surface area contributed by atoms with Gasteiger partial charge in [-0.15, -0.1) is 0 Å². The summed E-state index contributed by atoms with van der Waals surface area (Å²) in [7, 11) is 1.67. The molecule has 0 saturated heterocycles. The van der Waals surface area contributed by atoms with Crippen molar-refractivity contribution < 1.29 is 9.21 Å². The summed E-state index contributed by atoms with van der Waals surface area (Å²) in [6.07, 6.45) is 3.22. The van der Waals surface area contributed by atoms with E-state index < -0.39 is 0 Å². The normalized spacial score (nSPS) is 11.3. The minimum atomic E-state index is -0.351. The molecule has 26 heavy (non-hydrogen) atoms. The molecule has 132 valence electrons. The van der Waals surface area contributed by atoms with Crippen LogP contribution in [0.25, 0.3) is 22.1 Å². The molecule has 0 atom stereocenters. The van der Waals surface area contributed by atoms with Crippen LogP contribution in [-0.2, 0) is 18.4 Å². The summed E-state index contributed by atoms with van der Waals surface area (Å²) in [4.78, 5) is 33.3. The van der Waals surface area contributed by atoms with Gasteiger partial charge in [-0.25, -0.2) is 4.98 Å². The molecule has 0 aliphatic carbocycles. The summed E-state index contributed by atoms with van der Waals surface area (Å²) in [5, 5.41) is 2.63. The zero-order valence-corrected chi connectivity index (χ0v) is 14.6. The lowest BCUT2D eigenvalue weighted by Crippen LogP contribution is -2.23. The Hall–Kier alpha value is -3.42. The van der Waals surface area contributed by atoms with E-state index in [4.69, 9.17) is 4.42 Å². The molecule has 0 radical (unpaired) electrons. The number of anilines is 1. The number of nitrogens with zero attached hydrogens (tertiary/aromatic N) is 4. The predicted molar refractivity (Wildman–Crippen MR) is 97.1 cm³/mol. The molecule has 0 aliphatic rings. The number of nitrogens with one attached hydrogen (secondary N) is 1. The SMILES string of the molecule is Cc1ccc2nc(NC(=O)Cn3cnc4c(C)cn(C)c(=O)c43)oc2c1. The Morgan fingerprint density at radius 1 is 1.31 bits per heavy atom. The van der Waals surface area contributed by atoms with Crippen molar-refractivity contribution in [2.45, 2.75) is 20.4 Å². The Morgan fingerprint density at radius 2 is 2.12 bits per heavy atom. The number of benzene rings is 1. The summed E-state index contributed by atoms with van der Waals surface area (Å²) in [5.74, 6) is -0.351. The summed E-state index contributed by atoms with van der Waals surface area (Å²) < 4.78 is 8.57. The van der Waals surface area contributed by atoms with E-state index in [9.17, 15) is 9.59 Å². The first kappa shape index (κ1) is 16.1. The Morgan fingerprint density at radius 3 is 2.92 bits per heavy atom. The fourth-order valence-corrected chi connectivity index (χ4v) is 2.99. The number of amides is 1. The van der Waals surface area contributed by atoms with Crippen LogP contribution in [-0.4, -0.2) is 25.0 Å². The summed E-state index contributed by atoms with van der Waals surface area (Å²) in [5.41, 5.74) is 3.99. The fourth-order valence-electron chi connectivity index (χ4n) is 2.99. The highest BCUT2D eigenvalue weighted by molar-refractivity contribution is 5.91. The van der Waals surface area contributed by atoms with Crippen molar-refractivity contribution in [1.29, 1.82) is 0 Å². The molecule has 1 aromatic carbocycles. The first-order valence-corrected chi connectivity index (χ1v) is 8.10. The fraction of sp³-hybridized carbons (Fsp3) is 0.222. The second-order valence-electron chi connectivity index (χ2n) is 6.34. The van der Waals surface area contributed by atoms with Crippen molar-refractivity contribution in [3.8, 4) is 0 Å². The summed E-state index contributed by atoms with van der Waals surface area (Å²) >= 11 is 0. The van der Waals surface area contributed by atoms with Gasteiger partial charge in [-0.1, -0.05) is 6.07 Å². The van der Waals surface area contributed by atoms with Gasteiger partial charge in [-0.2, -0.15) is 4.98 Å². The number of hydrogen-bond acceptors (Lipinski definition) is 5. The molecule has 3 aromatic heterocycles. The lowest BCUT2D eigenvalue weighted by Gasteiger charge is -2.05. The topological polar surface area (TPSA) is 95.0 Å². The number of hydrogen-bond donors (Lipinski definition) is 1. The lowest BCUT2D eigenvalue weighted by atomic mass is 10.2. The maximum Gasteiger partial charge on any atom is 0.302 e. The van der Waals surface area contributed by atoms with Gasteiger partial charge < -0.3 is 13.6 Å². The third-order valence-electron chi connectivity index (χ3n) is 4.23. The van der Waals surface area contributed by atoms with E-state index in [1.165, 1.54) is 15.5 Å². The van der Waals surface area contributed by atoms with Crippen molar-refractivity contribution >= 4 is 34.1 Å². The van der Waals surface area contributed by atoms with Crippen molar-refractivity contribution in [2.75, 3.05) is 5.32 Å². The molecule has 0 aliphatic heterocycles. The minimum absolute atomic E-state index is 0.0626. The van der Waals surface area contributed by atoms with Gasteiger partial charge in [0, 0.05) is 13.2 Å². The Labute approximate surface area is 148 Å². The molecule has 4 aromatic rings. The van der Waals surface area contributed by atoms with Crippen LogP contribution in [0, 0.1) is 13.8 Å². The number of imidazole rings is 1. The number of aryl methyl sites for hydroxylation is 3. The molecular formula is C18H17N5O3. The molecule has 1 N–H and O–H groups in total. The van der Waals surface area contributed by atoms with Gasteiger partial charge in [0.05, 0.1) is 11.8 Å². The second-order valence-corrected chi connectivity index (χ2v) is 6.34. The number of pyridine rings is 1. The average molecular weight is 351 g/mol. The molecule has 8 heteroatoms. The van der Waals surface area contributed by atoms with Crippen LogP contribution in [0.2, 0.25) is 0 Å². The number of oxazole rings is 1. The van der Waals surface area contributed by atoms with Crippen LogP contribution in [0.15, 0.2) is 39.9 Å². The van der Waals surface area contributed by atoms with Gasteiger partial charge in [0.25, 0.3) is 5.56 Å². The van der Waals surface area contributed by atoms with E-state index in [2.05, 4.69) is 15.3 Å². The van der Waals surface area contributed by atoms with Crippen LogP contribution in [0.5, 0.6) is 0 Å². The largest absolute Gasteiger partial charge is 0.423 e. The minimum Gasteiger partial charge on any atom is -0.423 e.